The first-order chi connectivity index (χ1) is 7.16. The molecule has 0 unspecified atom stereocenters. The van der Waals surface area contributed by atoms with Crippen molar-refractivity contribution in [1.82, 2.24) is 0 Å². The Labute approximate surface area is 90.4 Å². The van der Waals surface area contributed by atoms with Crippen LogP contribution in [0.25, 0.3) is 10.8 Å². The molecule has 2 rings (SSSR count). The van der Waals surface area contributed by atoms with Crippen molar-refractivity contribution >= 4 is 10.8 Å². The van der Waals surface area contributed by atoms with Crippen molar-refractivity contribution in [2.45, 2.75) is 20.3 Å². The molecular formula is C14H16O. The maximum absolute atomic E-state index is 9.62. The molecule has 0 fully saturated rings. The summed E-state index contributed by atoms with van der Waals surface area (Å²) < 4.78 is 0. The van der Waals surface area contributed by atoms with E-state index in [1.165, 1.54) is 10.9 Å². The fourth-order valence-corrected chi connectivity index (χ4v) is 1.98. The number of hydrogen-bond acceptors (Lipinski definition) is 1. The smallest absolute Gasteiger partial charge is 0.116 e. The van der Waals surface area contributed by atoms with Gasteiger partial charge in [0.1, 0.15) is 5.75 Å². The van der Waals surface area contributed by atoms with Gasteiger partial charge in [-0.25, -0.2) is 0 Å². The molecule has 2 aromatic carbocycles. The van der Waals surface area contributed by atoms with Gasteiger partial charge < -0.3 is 5.11 Å². The van der Waals surface area contributed by atoms with Gasteiger partial charge in [0.2, 0.25) is 0 Å². The summed E-state index contributed by atoms with van der Waals surface area (Å²) in [4.78, 5) is 0. The summed E-state index contributed by atoms with van der Waals surface area (Å²) in [5.41, 5.74) is 1.24. The van der Waals surface area contributed by atoms with E-state index in [0.29, 0.717) is 11.7 Å². The molecule has 0 amide bonds. The number of benzene rings is 2. The molecule has 1 N–H and O–H groups in total. The van der Waals surface area contributed by atoms with E-state index >= 15 is 0 Å². The molecule has 0 aliphatic heterocycles. The Bertz CT molecular complexity index is 472. The van der Waals surface area contributed by atoms with E-state index in [1.54, 1.807) is 0 Å². The zero-order chi connectivity index (χ0) is 10.8. The zero-order valence-electron chi connectivity index (χ0n) is 9.20. The van der Waals surface area contributed by atoms with Crippen molar-refractivity contribution in [2.24, 2.45) is 5.92 Å². The highest BCUT2D eigenvalue weighted by Crippen LogP contribution is 2.26. The minimum absolute atomic E-state index is 0.365. The summed E-state index contributed by atoms with van der Waals surface area (Å²) in [5, 5.41) is 12.0. The van der Waals surface area contributed by atoms with E-state index in [1.807, 2.05) is 30.3 Å². The second-order valence-corrected chi connectivity index (χ2v) is 4.42. The van der Waals surface area contributed by atoms with E-state index in [9.17, 15) is 5.11 Å². The number of rotatable bonds is 2. The van der Waals surface area contributed by atoms with Gasteiger partial charge in [0.15, 0.2) is 0 Å². The van der Waals surface area contributed by atoms with Gasteiger partial charge in [-0.2, -0.15) is 0 Å². The maximum Gasteiger partial charge on any atom is 0.116 e. The van der Waals surface area contributed by atoms with Crippen LogP contribution in [-0.4, -0.2) is 5.11 Å². The first-order valence-corrected chi connectivity index (χ1v) is 5.37. The standard InChI is InChI=1S/C14H16O/c1-10(2)7-12-9-13(15)8-11-5-3-4-6-14(11)12/h3-6,8-10,15H,7H2,1-2H3. The van der Waals surface area contributed by atoms with Crippen LogP contribution in [-0.2, 0) is 6.42 Å². The molecule has 0 saturated carbocycles. The van der Waals surface area contributed by atoms with Crippen molar-refractivity contribution in [1.29, 1.82) is 0 Å². The highest BCUT2D eigenvalue weighted by Gasteiger charge is 2.05. The Hall–Kier alpha value is -1.50. The third-order valence-electron chi connectivity index (χ3n) is 2.56. The highest BCUT2D eigenvalue weighted by molar-refractivity contribution is 5.87. The second kappa shape index (κ2) is 3.93. The summed E-state index contributed by atoms with van der Waals surface area (Å²) in [6.45, 7) is 4.39. The van der Waals surface area contributed by atoms with Gasteiger partial charge in [-0.05, 0) is 40.8 Å². The van der Waals surface area contributed by atoms with Crippen LogP contribution < -0.4 is 0 Å². The van der Waals surface area contributed by atoms with Crippen molar-refractivity contribution in [3.05, 3.63) is 42.0 Å². The molecule has 0 radical (unpaired) electrons. The van der Waals surface area contributed by atoms with Gasteiger partial charge in [0, 0.05) is 0 Å². The number of aromatic hydroxyl groups is 1. The Morgan fingerprint density at radius 3 is 2.60 bits per heavy atom. The van der Waals surface area contributed by atoms with Gasteiger partial charge in [0.25, 0.3) is 0 Å². The lowest BCUT2D eigenvalue weighted by atomic mass is 9.96. The molecule has 0 aliphatic rings. The van der Waals surface area contributed by atoms with Crippen molar-refractivity contribution < 1.29 is 5.11 Å². The third-order valence-corrected chi connectivity index (χ3v) is 2.56. The van der Waals surface area contributed by atoms with Gasteiger partial charge in [-0.15, -0.1) is 0 Å². The molecule has 15 heavy (non-hydrogen) atoms. The predicted molar refractivity (Wildman–Crippen MR) is 64.2 cm³/mol. The van der Waals surface area contributed by atoms with E-state index < -0.39 is 0 Å². The fraction of sp³-hybridized carbons (Fsp3) is 0.286. The number of phenols is 1. The van der Waals surface area contributed by atoms with Crippen molar-refractivity contribution in [3.8, 4) is 5.75 Å². The molecule has 1 heteroatoms. The van der Waals surface area contributed by atoms with Crippen molar-refractivity contribution in [2.75, 3.05) is 0 Å². The van der Waals surface area contributed by atoms with E-state index in [0.717, 1.165) is 11.8 Å². The number of fused-ring (bicyclic) bond motifs is 1. The fourth-order valence-electron chi connectivity index (χ4n) is 1.98. The lowest BCUT2D eigenvalue weighted by Gasteiger charge is -2.09. The summed E-state index contributed by atoms with van der Waals surface area (Å²) in [6.07, 6.45) is 1.01. The molecule has 78 valence electrons. The molecule has 0 bridgehead atoms. The lowest BCUT2D eigenvalue weighted by molar-refractivity contribution is 0.475. The normalized spacial score (nSPS) is 11.1. The Kier molecular flexibility index (Phi) is 2.63. The molecule has 2 aromatic rings. The molecular weight excluding hydrogens is 184 g/mol. The largest absolute Gasteiger partial charge is 0.508 e. The average Bonchev–Trinajstić information content (AvgIpc) is 2.16. The number of phenolic OH excluding ortho intramolecular Hbond substituents is 1. The molecule has 0 aromatic heterocycles. The summed E-state index contributed by atoms with van der Waals surface area (Å²) in [7, 11) is 0. The van der Waals surface area contributed by atoms with Crippen LogP contribution in [0.15, 0.2) is 36.4 Å². The van der Waals surface area contributed by atoms with Crippen LogP contribution in [0.1, 0.15) is 19.4 Å². The van der Waals surface area contributed by atoms with Gasteiger partial charge in [0.05, 0.1) is 0 Å². The van der Waals surface area contributed by atoms with Crippen LogP contribution in [0.3, 0.4) is 0 Å². The summed E-state index contributed by atoms with van der Waals surface area (Å²) in [6, 6.07) is 11.9. The second-order valence-electron chi connectivity index (χ2n) is 4.42. The monoisotopic (exact) mass is 200 g/mol. The van der Waals surface area contributed by atoms with Crippen LogP contribution in [0.2, 0.25) is 0 Å². The highest BCUT2D eigenvalue weighted by atomic mass is 16.3. The first kappa shape index (κ1) is 10.0. The Balaban J connectivity index is 2.60. The van der Waals surface area contributed by atoms with Crippen LogP contribution >= 0.6 is 0 Å². The summed E-state index contributed by atoms with van der Waals surface area (Å²) >= 11 is 0. The molecule has 0 atom stereocenters. The van der Waals surface area contributed by atoms with Crippen LogP contribution in [0, 0.1) is 5.92 Å². The van der Waals surface area contributed by atoms with Crippen LogP contribution in [0.5, 0.6) is 5.75 Å². The topological polar surface area (TPSA) is 20.2 Å². The molecule has 1 nitrogen and oxygen atoms in total. The molecule has 0 aliphatic carbocycles. The van der Waals surface area contributed by atoms with E-state index in [4.69, 9.17) is 0 Å². The quantitative estimate of drug-likeness (QED) is 0.782. The predicted octanol–water partition coefficient (Wildman–Crippen LogP) is 3.74. The first-order valence-electron chi connectivity index (χ1n) is 5.37. The Morgan fingerprint density at radius 2 is 1.87 bits per heavy atom. The SMILES string of the molecule is CC(C)Cc1cc(O)cc2ccccc12. The van der Waals surface area contributed by atoms with Gasteiger partial charge >= 0.3 is 0 Å². The van der Waals surface area contributed by atoms with Gasteiger partial charge in [-0.3, -0.25) is 0 Å². The minimum Gasteiger partial charge on any atom is -0.508 e. The van der Waals surface area contributed by atoms with Gasteiger partial charge in [-0.1, -0.05) is 38.1 Å². The van der Waals surface area contributed by atoms with E-state index in [-0.39, 0.29) is 0 Å². The zero-order valence-corrected chi connectivity index (χ0v) is 9.20. The lowest BCUT2D eigenvalue weighted by Crippen LogP contribution is -1.94. The Morgan fingerprint density at radius 1 is 1.13 bits per heavy atom. The molecule has 0 heterocycles. The van der Waals surface area contributed by atoms with Crippen LogP contribution in [0.4, 0.5) is 0 Å². The maximum atomic E-state index is 9.62. The summed E-state index contributed by atoms with van der Waals surface area (Å²) in [5.74, 6) is 0.972. The third kappa shape index (κ3) is 2.12. The molecule has 0 spiro atoms. The van der Waals surface area contributed by atoms with Crippen molar-refractivity contribution in [3.63, 3.8) is 0 Å². The number of hydrogen-bond donors (Lipinski definition) is 1. The molecule has 0 saturated heterocycles. The average molecular weight is 200 g/mol. The van der Waals surface area contributed by atoms with E-state index in [2.05, 4.69) is 19.9 Å². The minimum atomic E-state index is 0.365.